The first kappa shape index (κ1) is 16.3. The van der Waals surface area contributed by atoms with Gasteiger partial charge in [-0.05, 0) is 59.1 Å². The lowest BCUT2D eigenvalue weighted by Gasteiger charge is -2.13. The van der Waals surface area contributed by atoms with Gasteiger partial charge in [0.1, 0.15) is 0 Å². The quantitative estimate of drug-likeness (QED) is 0.818. The van der Waals surface area contributed by atoms with Gasteiger partial charge in [-0.1, -0.05) is 19.1 Å². The molecular weight excluding hydrogens is 350 g/mol. The third kappa shape index (κ3) is 4.21. The predicted molar refractivity (Wildman–Crippen MR) is 85.7 cm³/mol. The van der Waals surface area contributed by atoms with E-state index in [4.69, 9.17) is 9.15 Å². The van der Waals surface area contributed by atoms with Crippen molar-refractivity contribution >= 4 is 33.5 Å². The molecule has 116 valence electrons. The van der Waals surface area contributed by atoms with Gasteiger partial charge < -0.3 is 14.5 Å². The molecule has 0 saturated heterocycles. The average Bonchev–Trinajstić information content (AvgIpc) is 2.94. The lowest BCUT2D eigenvalue weighted by Crippen LogP contribution is -2.29. The predicted octanol–water partition coefficient (Wildman–Crippen LogP) is 3.79. The Morgan fingerprint density at radius 3 is 2.45 bits per heavy atom. The highest BCUT2D eigenvalue weighted by Gasteiger charge is 2.21. The van der Waals surface area contributed by atoms with Crippen LogP contribution in [0.3, 0.4) is 0 Å². The molecule has 2 rings (SSSR count). The van der Waals surface area contributed by atoms with E-state index < -0.39 is 18.0 Å². The number of nitrogens with one attached hydrogen (secondary N) is 1. The number of hydrogen-bond donors (Lipinski definition) is 1. The minimum atomic E-state index is -0.928. The van der Waals surface area contributed by atoms with Crippen LogP contribution in [0.15, 0.2) is 45.5 Å². The number of furan rings is 1. The second-order valence-corrected chi connectivity index (χ2v) is 5.47. The number of anilines is 1. The summed E-state index contributed by atoms with van der Waals surface area (Å²) in [5.41, 5.74) is 1.84. The lowest BCUT2D eigenvalue weighted by atomic mass is 10.1. The van der Waals surface area contributed by atoms with Crippen molar-refractivity contribution in [3.8, 4) is 0 Å². The zero-order valence-corrected chi connectivity index (χ0v) is 13.8. The molecule has 1 amide bonds. The molecule has 0 fully saturated rings. The number of ether oxygens (including phenoxy) is 1. The first-order valence-electron chi connectivity index (χ1n) is 6.85. The van der Waals surface area contributed by atoms with Crippen LogP contribution in [0.5, 0.6) is 0 Å². The van der Waals surface area contributed by atoms with Crippen molar-refractivity contribution in [3.05, 3.63) is 52.4 Å². The molecule has 0 bridgehead atoms. The van der Waals surface area contributed by atoms with Crippen molar-refractivity contribution in [2.45, 2.75) is 26.4 Å². The van der Waals surface area contributed by atoms with Gasteiger partial charge >= 0.3 is 5.97 Å². The molecule has 1 N–H and O–H groups in total. The number of halogens is 1. The zero-order chi connectivity index (χ0) is 16.1. The highest BCUT2D eigenvalue weighted by molar-refractivity contribution is 9.10. The van der Waals surface area contributed by atoms with E-state index in [0.717, 1.165) is 6.42 Å². The summed E-state index contributed by atoms with van der Waals surface area (Å²) >= 11 is 3.10. The highest BCUT2D eigenvalue weighted by Crippen LogP contribution is 2.16. The summed E-state index contributed by atoms with van der Waals surface area (Å²) < 4.78 is 10.6. The Bertz CT molecular complexity index is 663. The number of carbonyl (C=O) groups is 2. The van der Waals surface area contributed by atoms with Crippen LogP contribution in [-0.4, -0.2) is 18.0 Å². The van der Waals surface area contributed by atoms with Gasteiger partial charge in [0.15, 0.2) is 10.8 Å². The molecule has 0 saturated carbocycles. The molecule has 1 aromatic carbocycles. The van der Waals surface area contributed by atoms with E-state index in [1.54, 1.807) is 6.07 Å². The molecule has 2 aromatic rings. The Labute approximate surface area is 136 Å². The number of benzene rings is 1. The number of aryl methyl sites for hydroxylation is 1. The van der Waals surface area contributed by atoms with Gasteiger partial charge in [-0.25, -0.2) is 4.79 Å². The van der Waals surface area contributed by atoms with Crippen LogP contribution in [-0.2, 0) is 16.0 Å². The largest absolute Gasteiger partial charge is 0.447 e. The van der Waals surface area contributed by atoms with Gasteiger partial charge in [-0.15, -0.1) is 0 Å². The first-order valence-corrected chi connectivity index (χ1v) is 7.65. The van der Waals surface area contributed by atoms with E-state index in [1.807, 2.05) is 24.3 Å². The molecule has 22 heavy (non-hydrogen) atoms. The summed E-state index contributed by atoms with van der Waals surface area (Å²) in [6.45, 7) is 3.56. The summed E-state index contributed by atoms with van der Waals surface area (Å²) in [5, 5.41) is 2.70. The van der Waals surface area contributed by atoms with Gasteiger partial charge in [0, 0.05) is 5.69 Å². The summed E-state index contributed by atoms with van der Waals surface area (Å²) in [7, 11) is 0. The molecule has 6 heteroatoms. The van der Waals surface area contributed by atoms with E-state index in [2.05, 4.69) is 28.2 Å². The fourth-order valence-electron chi connectivity index (χ4n) is 1.76. The van der Waals surface area contributed by atoms with Gasteiger partial charge in [0.25, 0.3) is 5.91 Å². The fraction of sp³-hybridized carbons (Fsp3) is 0.250. The summed E-state index contributed by atoms with van der Waals surface area (Å²) in [6, 6.07) is 10.6. The maximum Gasteiger partial charge on any atom is 0.375 e. The molecule has 1 heterocycles. The molecule has 0 unspecified atom stereocenters. The Hall–Kier alpha value is -2.08. The lowest BCUT2D eigenvalue weighted by molar-refractivity contribution is -0.123. The van der Waals surface area contributed by atoms with Crippen LogP contribution < -0.4 is 5.32 Å². The van der Waals surface area contributed by atoms with Gasteiger partial charge in [0.2, 0.25) is 5.76 Å². The Balaban J connectivity index is 1.92. The summed E-state index contributed by atoms with van der Waals surface area (Å²) in [5.74, 6) is -1.04. The maximum atomic E-state index is 12.0. The summed E-state index contributed by atoms with van der Waals surface area (Å²) in [6.07, 6.45) is 0.00300. The van der Waals surface area contributed by atoms with Crippen molar-refractivity contribution in [2.75, 3.05) is 5.32 Å². The van der Waals surface area contributed by atoms with Gasteiger partial charge in [-0.2, -0.15) is 0 Å². The number of carbonyl (C=O) groups excluding carboxylic acids is 2. The standard InChI is InChI=1S/C16H16BrNO4/c1-3-11-4-6-12(7-5-11)18-15(19)10(2)21-16(20)13-8-9-14(17)22-13/h4-10H,3H2,1-2H3,(H,18,19)/t10-/m0/s1. The normalized spacial score (nSPS) is 11.8. The number of hydrogen-bond acceptors (Lipinski definition) is 4. The molecule has 5 nitrogen and oxygen atoms in total. The van der Waals surface area contributed by atoms with E-state index in [-0.39, 0.29) is 5.76 Å². The molecule has 0 aliphatic heterocycles. The van der Waals surface area contributed by atoms with E-state index in [0.29, 0.717) is 10.4 Å². The molecule has 0 radical (unpaired) electrons. The molecule has 1 aromatic heterocycles. The first-order chi connectivity index (χ1) is 10.5. The maximum absolute atomic E-state index is 12.0. The monoisotopic (exact) mass is 365 g/mol. The molecule has 1 atom stereocenters. The highest BCUT2D eigenvalue weighted by atomic mass is 79.9. The van der Waals surface area contributed by atoms with Gasteiger partial charge in [-0.3, -0.25) is 4.79 Å². The van der Waals surface area contributed by atoms with Crippen molar-refractivity contribution < 1.29 is 18.7 Å². The average molecular weight is 366 g/mol. The van der Waals surface area contributed by atoms with Crippen LogP contribution in [0.2, 0.25) is 0 Å². The molecule has 0 aliphatic rings. The minimum Gasteiger partial charge on any atom is -0.447 e. The van der Waals surface area contributed by atoms with Crippen LogP contribution in [0.1, 0.15) is 30.0 Å². The van der Waals surface area contributed by atoms with Gasteiger partial charge in [0.05, 0.1) is 0 Å². The second-order valence-electron chi connectivity index (χ2n) is 4.69. The number of amides is 1. The topological polar surface area (TPSA) is 68.5 Å². The van der Waals surface area contributed by atoms with Crippen LogP contribution in [0, 0.1) is 0 Å². The Kier molecular flexibility index (Phi) is 5.38. The van der Waals surface area contributed by atoms with E-state index in [9.17, 15) is 9.59 Å². The SMILES string of the molecule is CCc1ccc(NC(=O)[C@H](C)OC(=O)c2ccc(Br)o2)cc1. The fourth-order valence-corrected chi connectivity index (χ4v) is 2.07. The molecule has 0 spiro atoms. The Morgan fingerprint density at radius 1 is 1.23 bits per heavy atom. The van der Waals surface area contributed by atoms with Crippen molar-refractivity contribution in [1.29, 1.82) is 0 Å². The summed E-state index contributed by atoms with van der Waals surface area (Å²) in [4.78, 5) is 23.8. The van der Waals surface area contributed by atoms with Crippen LogP contribution in [0.25, 0.3) is 0 Å². The number of rotatable bonds is 5. The zero-order valence-electron chi connectivity index (χ0n) is 12.3. The van der Waals surface area contributed by atoms with E-state index >= 15 is 0 Å². The van der Waals surface area contributed by atoms with Crippen molar-refractivity contribution in [1.82, 2.24) is 0 Å². The van der Waals surface area contributed by atoms with Crippen molar-refractivity contribution in [3.63, 3.8) is 0 Å². The smallest absolute Gasteiger partial charge is 0.375 e. The van der Waals surface area contributed by atoms with E-state index in [1.165, 1.54) is 18.6 Å². The van der Waals surface area contributed by atoms with Crippen molar-refractivity contribution in [2.24, 2.45) is 0 Å². The molecule has 0 aliphatic carbocycles. The third-order valence-electron chi connectivity index (χ3n) is 3.06. The minimum absolute atomic E-state index is 0.0406. The molecular formula is C16H16BrNO4. The Morgan fingerprint density at radius 2 is 1.91 bits per heavy atom. The van der Waals surface area contributed by atoms with Crippen LogP contribution >= 0.6 is 15.9 Å². The second kappa shape index (κ2) is 7.26. The number of esters is 1. The third-order valence-corrected chi connectivity index (χ3v) is 3.48. The van der Waals surface area contributed by atoms with Crippen LogP contribution in [0.4, 0.5) is 5.69 Å².